The van der Waals surface area contributed by atoms with E-state index >= 15 is 0 Å². The van der Waals surface area contributed by atoms with Crippen molar-refractivity contribution < 1.29 is 19.1 Å². The summed E-state index contributed by atoms with van der Waals surface area (Å²) >= 11 is 5.93. The summed E-state index contributed by atoms with van der Waals surface area (Å²) in [7, 11) is 1.46. The Kier molecular flexibility index (Phi) is 6.51. The summed E-state index contributed by atoms with van der Waals surface area (Å²) in [4.78, 5) is 24.6. The van der Waals surface area contributed by atoms with Crippen molar-refractivity contribution in [2.75, 3.05) is 13.7 Å². The lowest BCUT2D eigenvalue weighted by atomic mass is 9.84. The lowest BCUT2D eigenvalue weighted by molar-refractivity contribution is 0.0471. The van der Waals surface area contributed by atoms with Crippen LogP contribution in [0.1, 0.15) is 64.3 Å². The van der Waals surface area contributed by atoms with Gasteiger partial charge < -0.3 is 9.47 Å². The Morgan fingerprint density at radius 2 is 1.74 bits per heavy atom. The van der Waals surface area contributed by atoms with E-state index in [2.05, 4.69) is 0 Å². The Bertz CT molecular complexity index is 808. The van der Waals surface area contributed by atoms with Gasteiger partial charge in [0.05, 0.1) is 7.11 Å². The summed E-state index contributed by atoms with van der Waals surface area (Å²) in [6.07, 6.45) is 6.29. The molecule has 1 aliphatic carbocycles. The number of hydrogen-bond donors (Lipinski definition) is 0. The summed E-state index contributed by atoms with van der Waals surface area (Å²) in [6.45, 7) is -0.322. The van der Waals surface area contributed by atoms with Crippen LogP contribution in [0.5, 0.6) is 5.75 Å². The van der Waals surface area contributed by atoms with Gasteiger partial charge in [0, 0.05) is 10.6 Å². The molecule has 0 aromatic heterocycles. The van der Waals surface area contributed by atoms with Crippen LogP contribution in [0.3, 0.4) is 0 Å². The van der Waals surface area contributed by atoms with Crippen LogP contribution in [0, 0.1) is 0 Å². The fraction of sp³-hybridized carbons (Fsp3) is 0.364. The van der Waals surface area contributed by atoms with Gasteiger partial charge in [0.15, 0.2) is 12.4 Å². The van der Waals surface area contributed by atoms with Crippen LogP contribution in [0.2, 0.25) is 5.02 Å². The minimum Gasteiger partial charge on any atom is -0.496 e. The molecule has 0 saturated heterocycles. The number of Topliss-reactive ketones (excluding diaryl/α,β-unsaturated/α-hetero) is 1. The van der Waals surface area contributed by atoms with Gasteiger partial charge >= 0.3 is 5.97 Å². The number of benzene rings is 2. The Hall–Kier alpha value is -2.33. The molecule has 142 valence electrons. The summed E-state index contributed by atoms with van der Waals surface area (Å²) in [6, 6.07) is 12.4. The van der Waals surface area contributed by atoms with Crippen LogP contribution in [0.4, 0.5) is 0 Å². The van der Waals surface area contributed by atoms with Crippen LogP contribution in [0.25, 0.3) is 0 Å². The molecule has 0 spiro atoms. The molecule has 4 nitrogen and oxygen atoms in total. The van der Waals surface area contributed by atoms with Gasteiger partial charge in [0.2, 0.25) is 0 Å². The number of ketones is 1. The Morgan fingerprint density at radius 1 is 1.04 bits per heavy atom. The van der Waals surface area contributed by atoms with Gasteiger partial charge in [-0.1, -0.05) is 55.1 Å². The van der Waals surface area contributed by atoms with Crippen LogP contribution >= 0.6 is 11.6 Å². The van der Waals surface area contributed by atoms with Crippen molar-refractivity contribution in [3.63, 3.8) is 0 Å². The minimum absolute atomic E-state index is 0.199. The molecule has 2 aromatic rings. The second-order valence-corrected chi connectivity index (χ2v) is 7.24. The summed E-state index contributed by atoms with van der Waals surface area (Å²) in [5.41, 5.74) is 2.03. The van der Waals surface area contributed by atoms with Crippen LogP contribution in [0.15, 0.2) is 42.5 Å². The van der Waals surface area contributed by atoms with Crippen LogP contribution < -0.4 is 4.74 Å². The van der Waals surface area contributed by atoms with E-state index in [-0.39, 0.29) is 18.0 Å². The van der Waals surface area contributed by atoms with E-state index in [0.717, 1.165) is 0 Å². The largest absolute Gasteiger partial charge is 0.496 e. The third kappa shape index (κ3) is 4.89. The van der Waals surface area contributed by atoms with Crippen LogP contribution in [-0.2, 0) is 4.74 Å². The smallest absolute Gasteiger partial charge is 0.342 e. The zero-order chi connectivity index (χ0) is 19.2. The lowest BCUT2D eigenvalue weighted by Gasteiger charge is -2.22. The van der Waals surface area contributed by atoms with Gasteiger partial charge in [-0.15, -0.1) is 0 Å². The lowest BCUT2D eigenvalue weighted by Crippen LogP contribution is -2.15. The van der Waals surface area contributed by atoms with Crippen molar-refractivity contribution in [3.05, 3.63) is 64.2 Å². The molecule has 0 atom stereocenters. The molecule has 0 radical (unpaired) electrons. The number of carbonyl (C=O) groups is 2. The van der Waals surface area contributed by atoms with Crippen molar-refractivity contribution >= 4 is 23.4 Å². The van der Waals surface area contributed by atoms with Gasteiger partial charge in [-0.25, -0.2) is 4.79 Å². The van der Waals surface area contributed by atoms with Crippen molar-refractivity contribution in [1.82, 2.24) is 0 Å². The maximum absolute atomic E-state index is 12.4. The average molecular weight is 387 g/mol. The monoisotopic (exact) mass is 386 g/mol. The fourth-order valence-electron chi connectivity index (χ4n) is 3.51. The number of hydrogen-bond acceptors (Lipinski definition) is 4. The van der Waals surface area contributed by atoms with E-state index in [1.807, 2.05) is 24.3 Å². The zero-order valence-corrected chi connectivity index (χ0v) is 16.1. The molecule has 1 fully saturated rings. The van der Waals surface area contributed by atoms with Crippen molar-refractivity contribution in [2.45, 2.75) is 38.0 Å². The summed E-state index contributed by atoms with van der Waals surface area (Å²) in [5.74, 6) is 0.0748. The standard InChI is InChI=1S/C22H23ClO4/c1-26-21-12-11-18(23)13-19(21)22(25)27-14-20(24)17-9-7-16(8-10-17)15-5-3-2-4-6-15/h7-13,15H,2-6,14H2,1H3. The number of esters is 1. The quantitative estimate of drug-likeness (QED) is 0.490. The highest BCUT2D eigenvalue weighted by molar-refractivity contribution is 6.31. The third-order valence-electron chi connectivity index (χ3n) is 5.03. The van der Waals surface area contributed by atoms with E-state index < -0.39 is 5.97 Å². The molecular formula is C22H23ClO4. The van der Waals surface area contributed by atoms with Crippen LogP contribution in [-0.4, -0.2) is 25.5 Å². The molecule has 0 bridgehead atoms. The fourth-order valence-corrected chi connectivity index (χ4v) is 3.68. The number of ether oxygens (including phenoxy) is 2. The number of carbonyl (C=O) groups excluding carboxylic acids is 2. The van der Waals surface area contributed by atoms with Crippen molar-refractivity contribution in [3.8, 4) is 5.75 Å². The van der Waals surface area contributed by atoms with E-state index in [9.17, 15) is 9.59 Å². The molecule has 2 aromatic carbocycles. The molecule has 0 aliphatic heterocycles. The predicted molar refractivity (Wildman–Crippen MR) is 105 cm³/mol. The molecule has 1 saturated carbocycles. The highest BCUT2D eigenvalue weighted by atomic mass is 35.5. The molecular weight excluding hydrogens is 364 g/mol. The highest BCUT2D eigenvalue weighted by Gasteiger charge is 2.18. The Labute approximate surface area is 164 Å². The Balaban J connectivity index is 1.60. The van der Waals surface area contributed by atoms with Gasteiger partial charge in [-0.3, -0.25) is 4.79 Å². The third-order valence-corrected chi connectivity index (χ3v) is 5.26. The first-order valence-electron chi connectivity index (χ1n) is 9.22. The maximum Gasteiger partial charge on any atom is 0.342 e. The topological polar surface area (TPSA) is 52.6 Å². The first-order valence-corrected chi connectivity index (χ1v) is 9.60. The molecule has 27 heavy (non-hydrogen) atoms. The van der Waals surface area contributed by atoms with E-state index in [0.29, 0.717) is 22.3 Å². The number of methoxy groups -OCH3 is 1. The maximum atomic E-state index is 12.4. The van der Waals surface area contributed by atoms with Crippen molar-refractivity contribution in [1.29, 1.82) is 0 Å². The normalized spacial score (nSPS) is 14.6. The van der Waals surface area contributed by atoms with E-state index in [1.165, 1.54) is 50.8 Å². The zero-order valence-electron chi connectivity index (χ0n) is 15.4. The number of rotatable bonds is 6. The SMILES string of the molecule is COc1ccc(Cl)cc1C(=O)OCC(=O)c1ccc(C2CCCCC2)cc1. The molecule has 0 amide bonds. The minimum atomic E-state index is -0.637. The molecule has 3 rings (SSSR count). The van der Waals surface area contributed by atoms with Crippen molar-refractivity contribution in [2.24, 2.45) is 0 Å². The molecule has 1 aliphatic rings. The highest BCUT2D eigenvalue weighted by Crippen LogP contribution is 2.32. The van der Waals surface area contributed by atoms with E-state index in [4.69, 9.17) is 21.1 Å². The second-order valence-electron chi connectivity index (χ2n) is 6.80. The van der Waals surface area contributed by atoms with Gasteiger partial charge in [0.25, 0.3) is 0 Å². The van der Waals surface area contributed by atoms with Gasteiger partial charge in [-0.2, -0.15) is 0 Å². The molecule has 5 heteroatoms. The predicted octanol–water partition coefficient (Wildman–Crippen LogP) is 5.44. The summed E-state index contributed by atoms with van der Waals surface area (Å²) < 4.78 is 10.3. The molecule has 0 N–H and O–H groups in total. The second kappa shape index (κ2) is 9.05. The molecule has 0 heterocycles. The number of halogens is 1. The molecule has 0 unspecified atom stereocenters. The Morgan fingerprint density at radius 3 is 2.41 bits per heavy atom. The van der Waals surface area contributed by atoms with Gasteiger partial charge in [-0.05, 0) is 42.5 Å². The summed E-state index contributed by atoms with van der Waals surface area (Å²) in [5, 5.41) is 0.396. The average Bonchev–Trinajstić information content (AvgIpc) is 2.72. The van der Waals surface area contributed by atoms with E-state index in [1.54, 1.807) is 12.1 Å². The first-order chi connectivity index (χ1) is 13.1. The van der Waals surface area contributed by atoms with Gasteiger partial charge in [0.1, 0.15) is 11.3 Å². The first kappa shape index (κ1) is 19.4.